The highest BCUT2D eigenvalue weighted by Gasteiger charge is 2.62. The van der Waals surface area contributed by atoms with Gasteiger partial charge in [0.05, 0.1) is 48.9 Å². The van der Waals surface area contributed by atoms with E-state index in [1.807, 2.05) is 50.3 Å². The number of nitrogens with zero attached hydrogens (tertiary/aromatic N) is 2. The highest BCUT2D eigenvalue weighted by Crippen LogP contribution is 2.57. The molecule has 1 aromatic heterocycles. The minimum atomic E-state index is -3.91. The van der Waals surface area contributed by atoms with Gasteiger partial charge in [-0.05, 0) is 76.2 Å². The SMILES string of the molecule is CC[C@@H]1C[C@H](C)CC/C=C\[C@@H]2C[C@@]2(C(=O)NS(=O)(=O)C2CC2)CC(=O)[C@@H]2C[C@@H](Oc3ncc(OC)c4ccccc34)CN2C(=O)[C@H]1CC(=O)OC(C)(C)C(C)(F)F. The number of hydrogen-bond acceptors (Lipinski definition) is 10. The van der Waals surface area contributed by atoms with Gasteiger partial charge in [0, 0.05) is 30.5 Å². The minimum absolute atomic E-state index is 0.0324. The molecule has 15 heteroatoms. The lowest BCUT2D eigenvalue weighted by atomic mass is 9.79. The number of benzene rings is 1. The van der Waals surface area contributed by atoms with Gasteiger partial charge in [-0.2, -0.15) is 0 Å². The summed E-state index contributed by atoms with van der Waals surface area (Å²) in [6.07, 6.45) is 7.45. The molecule has 4 aliphatic rings. The number of carbonyl (C=O) groups excluding carboxylic acids is 4. The second kappa shape index (κ2) is 16.2. The number of aromatic nitrogens is 1. The molecule has 0 unspecified atom stereocenters. The highest BCUT2D eigenvalue weighted by atomic mass is 32.2. The lowest BCUT2D eigenvalue weighted by molar-refractivity contribution is -0.197. The number of alkyl halides is 2. The highest BCUT2D eigenvalue weighted by molar-refractivity contribution is 7.90. The van der Waals surface area contributed by atoms with Crippen molar-refractivity contribution < 1.29 is 50.6 Å². The molecule has 2 aliphatic carbocycles. The van der Waals surface area contributed by atoms with Gasteiger partial charge in [0.2, 0.25) is 27.7 Å². The van der Waals surface area contributed by atoms with Crippen molar-refractivity contribution in [2.24, 2.45) is 29.1 Å². The van der Waals surface area contributed by atoms with Gasteiger partial charge < -0.3 is 19.1 Å². The number of Topliss-reactive ketones (excluding diaryl/α,β-unsaturated/α-hetero) is 1. The maximum atomic E-state index is 15.0. The topological polar surface area (TPSA) is 158 Å². The number of esters is 1. The van der Waals surface area contributed by atoms with Crippen LogP contribution < -0.4 is 14.2 Å². The van der Waals surface area contributed by atoms with Crippen molar-refractivity contribution in [2.45, 2.75) is 128 Å². The number of rotatable bonds is 11. The van der Waals surface area contributed by atoms with Gasteiger partial charge in [-0.15, -0.1) is 0 Å². The molecule has 312 valence electrons. The molecule has 2 aliphatic heterocycles. The van der Waals surface area contributed by atoms with Crippen molar-refractivity contribution in [1.82, 2.24) is 14.6 Å². The molecule has 3 fully saturated rings. The molecule has 6 rings (SSSR count). The maximum Gasteiger partial charge on any atom is 0.307 e. The van der Waals surface area contributed by atoms with Crippen LogP contribution in [0.15, 0.2) is 42.6 Å². The zero-order valence-corrected chi connectivity index (χ0v) is 34.4. The second-order valence-electron chi connectivity index (χ2n) is 17.1. The predicted molar refractivity (Wildman–Crippen MR) is 208 cm³/mol. The van der Waals surface area contributed by atoms with E-state index in [1.54, 1.807) is 0 Å². The number of pyridine rings is 1. The third kappa shape index (κ3) is 9.13. The summed E-state index contributed by atoms with van der Waals surface area (Å²) in [5.74, 6) is -6.88. The Morgan fingerprint density at radius 3 is 2.42 bits per heavy atom. The first-order valence-corrected chi connectivity index (χ1v) is 21.6. The summed E-state index contributed by atoms with van der Waals surface area (Å²) in [6.45, 7) is 6.80. The Hall–Kier alpha value is -4.14. The third-order valence-corrected chi connectivity index (χ3v) is 14.4. The van der Waals surface area contributed by atoms with Crippen LogP contribution in [0.2, 0.25) is 0 Å². The molecule has 1 saturated heterocycles. The van der Waals surface area contributed by atoms with Crippen LogP contribution in [0.4, 0.5) is 8.78 Å². The number of fused-ring (bicyclic) bond motifs is 3. The van der Waals surface area contributed by atoms with Crippen molar-refractivity contribution in [2.75, 3.05) is 13.7 Å². The molecular weight excluding hydrogens is 761 g/mol. The Morgan fingerprint density at radius 2 is 1.77 bits per heavy atom. The van der Waals surface area contributed by atoms with E-state index in [1.165, 1.54) is 18.2 Å². The quantitative estimate of drug-likeness (QED) is 0.195. The maximum absolute atomic E-state index is 15.0. The Bertz CT molecular complexity index is 2010. The predicted octanol–water partition coefficient (Wildman–Crippen LogP) is 6.55. The first-order valence-electron chi connectivity index (χ1n) is 20.0. The summed E-state index contributed by atoms with van der Waals surface area (Å²) >= 11 is 0. The first-order chi connectivity index (χ1) is 26.8. The number of halogens is 2. The average molecular weight is 816 g/mol. The molecule has 0 bridgehead atoms. The number of allylic oxidation sites excluding steroid dienone is 2. The van der Waals surface area contributed by atoms with Gasteiger partial charge in [0.15, 0.2) is 11.4 Å². The third-order valence-electron chi connectivity index (χ3n) is 12.5. The van der Waals surface area contributed by atoms with Gasteiger partial charge in [-0.25, -0.2) is 22.2 Å². The van der Waals surface area contributed by atoms with E-state index < -0.39 is 80.3 Å². The number of ether oxygens (including phenoxy) is 3. The van der Waals surface area contributed by atoms with Crippen LogP contribution in [-0.4, -0.2) is 84.4 Å². The van der Waals surface area contributed by atoms with E-state index in [2.05, 4.69) is 9.71 Å². The molecule has 3 heterocycles. The van der Waals surface area contributed by atoms with Gasteiger partial charge in [-0.3, -0.25) is 23.9 Å². The molecule has 2 aromatic rings. The Balaban J connectivity index is 1.37. The van der Waals surface area contributed by atoms with E-state index in [-0.39, 0.29) is 49.4 Å². The van der Waals surface area contributed by atoms with Gasteiger partial charge in [0.1, 0.15) is 11.9 Å². The molecule has 12 nitrogen and oxygen atoms in total. The summed E-state index contributed by atoms with van der Waals surface area (Å²) in [5, 5.41) is 0.749. The lowest BCUT2D eigenvalue weighted by Crippen LogP contribution is -2.48. The van der Waals surface area contributed by atoms with Crippen LogP contribution in [0.5, 0.6) is 11.6 Å². The first kappa shape index (κ1) is 42.5. The number of ketones is 1. The molecule has 0 spiro atoms. The molecule has 0 radical (unpaired) electrons. The monoisotopic (exact) mass is 815 g/mol. The Labute approximate surface area is 333 Å². The largest absolute Gasteiger partial charge is 0.494 e. The van der Waals surface area contributed by atoms with Crippen LogP contribution in [0, 0.1) is 29.1 Å². The lowest BCUT2D eigenvalue weighted by Gasteiger charge is -2.35. The molecule has 1 aromatic carbocycles. The summed E-state index contributed by atoms with van der Waals surface area (Å²) in [7, 11) is -2.38. The number of hydrogen-bond donors (Lipinski definition) is 1. The van der Waals surface area contributed by atoms with Crippen molar-refractivity contribution in [3.05, 3.63) is 42.6 Å². The minimum Gasteiger partial charge on any atom is -0.494 e. The summed E-state index contributed by atoms with van der Waals surface area (Å²) in [4.78, 5) is 63.0. The van der Waals surface area contributed by atoms with E-state index >= 15 is 4.79 Å². The van der Waals surface area contributed by atoms with Crippen molar-refractivity contribution >= 4 is 44.4 Å². The van der Waals surface area contributed by atoms with Crippen LogP contribution in [0.25, 0.3) is 10.8 Å². The zero-order valence-electron chi connectivity index (χ0n) is 33.6. The van der Waals surface area contributed by atoms with Crippen LogP contribution >= 0.6 is 0 Å². The van der Waals surface area contributed by atoms with Crippen molar-refractivity contribution in [3.63, 3.8) is 0 Å². The molecule has 2 saturated carbocycles. The van der Waals surface area contributed by atoms with E-state index in [0.29, 0.717) is 50.2 Å². The number of amides is 2. The molecule has 2 amide bonds. The van der Waals surface area contributed by atoms with E-state index in [9.17, 15) is 31.6 Å². The fraction of sp³-hybridized carbons (Fsp3) is 0.643. The number of sulfonamides is 1. The number of nitrogens with one attached hydrogen (secondary N) is 1. The summed E-state index contributed by atoms with van der Waals surface area (Å²) in [6, 6.07) is 6.24. The van der Waals surface area contributed by atoms with E-state index in [0.717, 1.165) is 25.7 Å². The Kier molecular flexibility index (Phi) is 12.1. The molecule has 57 heavy (non-hydrogen) atoms. The van der Waals surface area contributed by atoms with E-state index in [4.69, 9.17) is 14.2 Å². The fourth-order valence-electron chi connectivity index (χ4n) is 8.39. The molecule has 7 atom stereocenters. The Morgan fingerprint density at radius 1 is 1.07 bits per heavy atom. The van der Waals surface area contributed by atoms with Gasteiger partial charge >= 0.3 is 5.97 Å². The number of methoxy groups -OCH3 is 1. The van der Waals surface area contributed by atoms with Crippen LogP contribution in [0.3, 0.4) is 0 Å². The average Bonchev–Trinajstić information content (AvgIpc) is 4.07. The standard InChI is InChI=1S/C42H55F2N3O9S/c1-7-26-18-25(2)12-8-9-13-27-21-42(27,39(51)46-57(52,53)29-16-17-29)22-34(48)33-19-28(55-37-31-15-11-10-14-30(31)35(54-6)23-45-37)24-47(33)38(50)32(26)20-36(49)56-40(3,4)41(5,43)44/h9-11,13-15,23,25-29,32-33H,7-8,12,16-22,24H2,1-6H3,(H,46,51)/b13-9-/t25-,26-,27-,28-,32+,33+,42-/m1/s1. The summed E-state index contributed by atoms with van der Waals surface area (Å²) in [5.41, 5.74) is -3.47. The zero-order chi connectivity index (χ0) is 41.5. The van der Waals surface area contributed by atoms with Gasteiger partial charge in [0.25, 0.3) is 5.92 Å². The van der Waals surface area contributed by atoms with Crippen LogP contribution in [-0.2, 0) is 33.9 Å². The van der Waals surface area contributed by atoms with Crippen LogP contribution in [0.1, 0.15) is 98.8 Å². The van der Waals surface area contributed by atoms with Crippen molar-refractivity contribution in [3.8, 4) is 11.6 Å². The normalized spacial score (nSPS) is 29.4. The molecule has 1 N–H and O–H groups in total. The summed E-state index contributed by atoms with van der Waals surface area (Å²) < 4.78 is 74.4. The number of carbonyl (C=O) groups is 4. The van der Waals surface area contributed by atoms with Crippen molar-refractivity contribution in [1.29, 1.82) is 0 Å². The fourth-order valence-corrected chi connectivity index (χ4v) is 9.78. The molecular formula is C42H55F2N3O9S. The van der Waals surface area contributed by atoms with Gasteiger partial charge in [-0.1, -0.05) is 50.6 Å². The smallest absolute Gasteiger partial charge is 0.307 e. The second-order valence-corrected chi connectivity index (χ2v) is 19.1.